The number of aromatic nitrogens is 1. The summed E-state index contributed by atoms with van der Waals surface area (Å²) in [6.45, 7) is 6.29. The van der Waals surface area contributed by atoms with Crippen molar-refractivity contribution in [2.45, 2.75) is 26.2 Å². The van der Waals surface area contributed by atoms with Crippen LogP contribution in [-0.2, 0) is 12.5 Å². The molecule has 1 aromatic carbocycles. The Bertz CT molecular complexity index is 717. The molecule has 0 aliphatic carbocycles. The summed E-state index contributed by atoms with van der Waals surface area (Å²) in [5, 5.41) is 0. The SMILES string of the molecule is CC1=Nc2cc3c(cc2C1(C)C)oc(=O)n3C. The van der Waals surface area contributed by atoms with Gasteiger partial charge in [-0.2, -0.15) is 0 Å². The van der Waals surface area contributed by atoms with Gasteiger partial charge in [-0.3, -0.25) is 9.56 Å². The summed E-state index contributed by atoms with van der Waals surface area (Å²) >= 11 is 0. The molecule has 4 nitrogen and oxygen atoms in total. The summed E-state index contributed by atoms with van der Waals surface area (Å²) in [6, 6.07) is 3.86. The molecule has 0 atom stereocenters. The van der Waals surface area contributed by atoms with Crippen LogP contribution < -0.4 is 5.76 Å². The third-order valence-corrected chi connectivity index (χ3v) is 3.78. The second-order valence-electron chi connectivity index (χ2n) is 5.09. The fourth-order valence-corrected chi connectivity index (χ4v) is 2.27. The molecule has 0 bridgehead atoms. The highest BCUT2D eigenvalue weighted by Gasteiger charge is 2.33. The van der Waals surface area contributed by atoms with E-state index in [2.05, 4.69) is 18.8 Å². The number of aryl methyl sites for hydroxylation is 1. The normalized spacial score (nSPS) is 17.3. The highest BCUT2D eigenvalue weighted by molar-refractivity contribution is 6.01. The first-order valence-corrected chi connectivity index (χ1v) is 5.61. The van der Waals surface area contributed by atoms with Crippen LogP contribution in [0.15, 0.2) is 26.3 Å². The third-order valence-electron chi connectivity index (χ3n) is 3.78. The molecule has 0 saturated carbocycles. The highest BCUT2D eigenvalue weighted by Crippen LogP contribution is 2.41. The van der Waals surface area contributed by atoms with Crippen LogP contribution in [0.5, 0.6) is 0 Å². The van der Waals surface area contributed by atoms with Crippen molar-refractivity contribution in [3.8, 4) is 0 Å². The van der Waals surface area contributed by atoms with Crippen molar-refractivity contribution in [1.29, 1.82) is 0 Å². The van der Waals surface area contributed by atoms with Crippen LogP contribution in [0, 0.1) is 0 Å². The van der Waals surface area contributed by atoms with E-state index in [4.69, 9.17) is 4.42 Å². The first-order valence-electron chi connectivity index (χ1n) is 5.61. The Morgan fingerprint density at radius 3 is 2.76 bits per heavy atom. The van der Waals surface area contributed by atoms with Gasteiger partial charge in [0.25, 0.3) is 0 Å². The molecule has 0 unspecified atom stereocenters. The summed E-state index contributed by atoms with van der Waals surface area (Å²) < 4.78 is 6.71. The number of aliphatic imine (C=N–C) groups is 1. The number of nitrogens with zero attached hydrogens (tertiary/aromatic N) is 2. The van der Waals surface area contributed by atoms with E-state index >= 15 is 0 Å². The molecule has 0 fully saturated rings. The summed E-state index contributed by atoms with van der Waals surface area (Å²) in [4.78, 5) is 16.0. The number of hydrogen-bond donors (Lipinski definition) is 0. The molecule has 0 N–H and O–H groups in total. The molecule has 17 heavy (non-hydrogen) atoms. The Morgan fingerprint density at radius 1 is 1.35 bits per heavy atom. The molecule has 2 aromatic rings. The van der Waals surface area contributed by atoms with Gasteiger partial charge < -0.3 is 4.42 Å². The Hall–Kier alpha value is -1.84. The largest absolute Gasteiger partial charge is 0.419 e. The molecule has 4 heteroatoms. The minimum absolute atomic E-state index is 0.0854. The van der Waals surface area contributed by atoms with Crippen LogP contribution in [0.1, 0.15) is 26.3 Å². The van der Waals surface area contributed by atoms with Crippen LogP contribution in [0.25, 0.3) is 11.1 Å². The van der Waals surface area contributed by atoms with Gasteiger partial charge in [0.15, 0.2) is 5.58 Å². The predicted octanol–water partition coefficient (Wildman–Crippen LogP) is 2.52. The Labute approximate surface area is 98.6 Å². The maximum atomic E-state index is 11.5. The number of benzene rings is 1. The van der Waals surface area contributed by atoms with Crippen molar-refractivity contribution >= 4 is 22.5 Å². The molecule has 0 radical (unpaired) electrons. The Morgan fingerprint density at radius 2 is 2.06 bits per heavy atom. The Kier molecular flexibility index (Phi) is 1.75. The van der Waals surface area contributed by atoms with Gasteiger partial charge in [-0.25, -0.2) is 4.79 Å². The minimum atomic E-state index is -0.331. The zero-order chi connectivity index (χ0) is 12.4. The van der Waals surface area contributed by atoms with E-state index < -0.39 is 0 Å². The topological polar surface area (TPSA) is 47.5 Å². The van der Waals surface area contributed by atoms with E-state index in [0.29, 0.717) is 5.58 Å². The molecule has 1 aliphatic rings. The van der Waals surface area contributed by atoms with Gasteiger partial charge in [-0.05, 0) is 24.6 Å². The van der Waals surface area contributed by atoms with Crippen molar-refractivity contribution in [3.63, 3.8) is 0 Å². The second kappa shape index (κ2) is 2.88. The van der Waals surface area contributed by atoms with E-state index in [9.17, 15) is 4.79 Å². The molecule has 2 heterocycles. The lowest BCUT2D eigenvalue weighted by Gasteiger charge is -2.19. The highest BCUT2D eigenvalue weighted by atomic mass is 16.4. The number of rotatable bonds is 0. The van der Waals surface area contributed by atoms with Gasteiger partial charge >= 0.3 is 5.76 Å². The van der Waals surface area contributed by atoms with Crippen LogP contribution in [0.2, 0.25) is 0 Å². The molecule has 3 rings (SSSR count). The smallest absolute Gasteiger partial charge is 0.408 e. The molecule has 0 spiro atoms. The van der Waals surface area contributed by atoms with Crippen LogP contribution >= 0.6 is 0 Å². The van der Waals surface area contributed by atoms with E-state index in [1.54, 1.807) is 7.05 Å². The number of hydrogen-bond acceptors (Lipinski definition) is 3. The maximum absolute atomic E-state index is 11.5. The Balaban J connectivity index is 2.42. The average molecular weight is 230 g/mol. The molecule has 1 aliphatic heterocycles. The maximum Gasteiger partial charge on any atom is 0.419 e. The molecular formula is C13H14N2O2. The zero-order valence-corrected chi connectivity index (χ0v) is 10.4. The van der Waals surface area contributed by atoms with Gasteiger partial charge in [-0.1, -0.05) is 13.8 Å². The molecule has 88 valence electrons. The fraction of sp³-hybridized carbons (Fsp3) is 0.385. The third kappa shape index (κ3) is 1.18. The lowest BCUT2D eigenvalue weighted by molar-refractivity contribution is 0.527. The van der Waals surface area contributed by atoms with Crippen molar-refractivity contribution in [1.82, 2.24) is 4.57 Å². The summed E-state index contributed by atoms with van der Waals surface area (Å²) in [6.07, 6.45) is 0. The average Bonchev–Trinajstić information content (AvgIpc) is 2.65. The lowest BCUT2D eigenvalue weighted by atomic mass is 9.82. The summed E-state index contributed by atoms with van der Waals surface area (Å²) in [7, 11) is 1.71. The van der Waals surface area contributed by atoms with Crippen molar-refractivity contribution in [2.24, 2.45) is 12.0 Å². The monoisotopic (exact) mass is 230 g/mol. The molecule has 0 saturated heterocycles. The van der Waals surface area contributed by atoms with Gasteiger partial charge in [0.05, 0.1) is 11.2 Å². The fourth-order valence-electron chi connectivity index (χ4n) is 2.27. The molecule has 1 aromatic heterocycles. The molecule has 0 amide bonds. The first kappa shape index (κ1) is 10.3. The number of oxazole rings is 1. The molecular weight excluding hydrogens is 216 g/mol. The summed E-state index contributed by atoms with van der Waals surface area (Å²) in [5.41, 5.74) is 4.49. The van der Waals surface area contributed by atoms with Gasteiger partial charge in [-0.15, -0.1) is 0 Å². The van der Waals surface area contributed by atoms with Crippen molar-refractivity contribution < 1.29 is 4.42 Å². The van der Waals surface area contributed by atoms with E-state index in [1.807, 2.05) is 19.1 Å². The minimum Gasteiger partial charge on any atom is -0.408 e. The van der Waals surface area contributed by atoms with Crippen LogP contribution in [0.4, 0.5) is 5.69 Å². The standard InChI is InChI=1S/C13H14N2O2/c1-7-13(2,3)8-5-11-10(6-9(8)14-7)15(4)12(16)17-11/h5-6H,1-4H3. The van der Waals surface area contributed by atoms with Crippen LogP contribution in [0.3, 0.4) is 0 Å². The van der Waals surface area contributed by atoms with Crippen molar-refractivity contribution in [2.75, 3.05) is 0 Å². The predicted molar refractivity (Wildman–Crippen MR) is 67.3 cm³/mol. The van der Waals surface area contributed by atoms with E-state index in [0.717, 1.165) is 22.5 Å². The number of fused-ring (bicyclic) bond motifs is 2. The van der Waals surface area contributed by atoms with Crippen molar-refractivity contribution in [3.05, 3.63) is 28.2 Å². The van der Waals surface area contributed by atoms with Gasteiger partial charge in [0, 0.05) is 18.2 Å². The quantitative estimate of drug-likeness (QED) is 0.698. The van der Waals surface area contributed by atoms with E-state index in [1.165, 1.54) is 4.57 Å². The second-order valence-corrected chi connectivity index (χ2v) is 5.09. The summed E-state index contributed by atoms with van der Waals surface area (Å²) in [5.74, 6) is -0.331. The van der Waals surface area contributed by atoms with Crippen LogP contribution in [-0.4, -0.2) is 10.3 Å². The lowest BCUT2D eigenvalue weighted by Crippen LogP contribution is -2.22. The van der Waals surface area contributed by atoms with Gasteiger partial charge in [0.2, 0.25) is 0 Å². The first-order chi connectivity index (χ1) is 7.91. The van der Waals surface area contributed by atoms with Gasteiger partial charge in [0.1, 0.15) is 0 Å². The van der Waals surface area contributed by atoms with E-state index in [-0.39, 0.29) is 11.2 Å². The zero-order valence-electron chi connectivity index (χ0n) is 10.4.